The normalized spacial score (nSPS) is 15.1. The molecule has 0 aliphatic carbocycles. The van der Waals surface area contributed by atoms with Crippen LogP contribution in [0.5, 0.6) is 0 Å². The fraction of sp³-hybridized carbons (Fsp3) is 0.389. The summed E-state index contributed by atoms with van der Waals surface area (Å²) in [5, 5.41) is 12.7. The zero-order valence-electron chi connectivity index (χ0n) is 14.1. The Morgan fingerprint density at radius 2 is 2.12 bits per heavy atom. The Labute approximate surface area is 145 Å². The van der Waals surface area contributed by atoms with Crippen LogP contribution in [0.4, 0.5) is 4.39 Å². The van der Waals surface area contributed by atoms with Crippen molar-refractivity contribution in [2.45, 2.75) is 20.0 Å². The van der Waals surface area contributed by atoms with Crippen molar-refractivity contribution in [3.05, 3.63) is 47.2 Å². The van der Waals surface area contributed by atoms with E-state index in [-0.39, 0.29) is 18.2 Å². The van der Waals surface area contributed by atoms with Crippen LogP contribution in [0.25, 0.3) is 11.3 Å². The van der Waals surface area contributed by atoms with Gasteiger partial charge in [0.1, 0.15) is 11.5 Å². The van der Waals surface area contributed by atoms with Gasteiger partial charge in [0.25, 0.3) is 5.91 Å². The van der Waals surface area contributed by atoms with Crippen LogP contribution in [0.15, 0.2) is 24.5 Å². The third-order valence-electron chi connectivity index (χ3n) is 4.31. The minimum absolute atomic E-state index is 0.138. The van der Waals surface area contributed by atoms with E-state index in [1.54, 1.807) is 11.8 Å². The minimum atomic E-state index is -0.403. The lowest BCUT2D eigenvalue weighted by Crippen LogP contribution is -2.34. The van der Waals surface area contributed by atoms with Crippen molar-refractivity contribution >= 4 is 5.91 Å². The Morgan fingerprint density at radius 1 is 1.28 bits per heavy atom. The maximum absolute atomic E-state index is 13.5. The van der Waals surface area contributed by atoms with Crippen LogP contribution in [0.2, 0.25) is 0 Å². The second-order valence-electron chi connectivity index (χ2n) is 6.10. The van der Waals surface area contributed by atoms with E-state index < -0.39 is 5.82 Å². The quantitative estimate of drug-likeness (QED) is 0.883. The van der Waals surface area contributed by atoms with Gasteiger partial charge in [0, 0.05) is 25.2 Å². The van der Waals surface area contributed by atoms with Crippen molar-refractivity contribution in [3.63, 3.8) is 0 Å². The molecule has 3 rings (SSSR count). The molecule has 1 aliphatic heterocycles. The van der Waals surface area contributed by atoms with E-state index in [0.29, 0.717) is 35.5 Å². The van der Waals surface area contributed by atoms with E-state index >= 15 is 0 Å². The summed E-state index contributed by atoms with van der Waals surface area (Å²) >= 11 is 0. The number of aliphatic hydroxyl groups is 1. The second-order valence-corrected chi connectivity index (χ2v) is 6.10. The van der Waals surface area contributed by atoms with E-state index in [1.807, 2.05) is 0 Å². The fourth-order valence-corrected chi connectivity index (χ4v) is 3.08. The predicted molar refractivity (Wildman–Crippen MR) is 91.5 cm³/mol. The molecule has 132 valence electrons. The number of aryl methyl sites for hydroxylation is 1. The standard InChI is InChI=1S/C18H21FN4O2/c1-12-7-14(19)8-13(11-24)17(12)15-9-22-16(10-21-15)18(25)23-5-2-3-20-4-6-23/h7-10,20,24H,2-6,11H2,1H3. The number of halogens is 1. The molecule has 0 spiro atoms. The summed E-state index contributed by atoms with van der Waals surface area (Å²) in [6.45, 7) is 4.47. The molecule has 2 N–H and O–H groups in total. The number of hydrogen-bond donors (Lipinski definition) is 2. The van der Waals surface area contributed by atoms with E-state index in [4.69, 9.17) is 0 Å². The molecule has 0 radical (unpaired) electrons. The number of aliphatic hydroxyl groups excluding tert-OH is 1. The Balaban J connectivity index is 1.86. The van der Waals surface area contributed by atoms with Crippen LogP contribution in [0, 0.1) is 12.7 Å². The molecule has 25 heavy (non-hydrogen) atoms. The molecule has 2 heterocycles. The lowest BCUT2D eigenvalue weighted by atomic mass is 9.99. The van der Waals surface area contributed by atoms with Gasteiger partial charge in [-0.25, -0.2) is 9.37 Å². The molecule has 0 atom stereocenters. The van der Waals surface area contributed by atoms with Gasteiger partial charge in [-0.1, -0.05) is 0 Å². The highest BCUT2D eigenvalue weighted by atomic mass is 19.1. The number of benzene rings is 1. The highest BCUT2D eigenvalue weighted by Crippen LogP contribution is 2.27. The Hall–Kier alpha value is -2.38. The van der Waals surface area contributed by atoms with Gasteiger partial charge in [-0.3, -0.25) is 9.78 Å². The van der Waals surface area contributed by atoms with Gasteiger partial charge in [-0.05, 0) is 43.1 Å². The fourth-order valence-electron chi connectivity index (χ4n) is 3.08. The van der Waals surface area contributed by atoms with Crippen LogP contribution < -0.4 is 5.32 Å². The first-order chi connectivity index (χ1) is 12.1. The Morgan fingerprint density at radius 3 is 2.84 bits per heavy atom. The third kappa shape index (κ3) is 3.83. The molecule has 6 nitrogen and oxygen atoms in total. The number of rotatable bonds is 3. The summed E-state index contributed by atoms with van der Waals surface area (Å²) in [6, 6.07) is 2.67. The molecule has 1 saturated heterocycles. The summed E-state index contributed by atoms with van der Waals surface area (Å²) in [4.78, 5) is 22.9. The molecule has 1 amide bonds. The van der Waals surface area contributed by atoms with Gasteiger partial charge in [0.15, 0.2) is 0 Å². The van der Waals surface area contributed by atoms with Crippen molar-refractivity contribution in [2.75, 3.05) is 26.2 Å². The van der Waals surface area contributed by atoms with Gasteiger partial charge in [-0.15, -0.1) is 0 Å². The summed E-state index contributed by atoms with van der Waals surface area (Å²) in [6.07, 6.45) is 3.86. The highest BCUT2D eigenvalue weighted by molar-refractivity contribution is 5.92. The summed E-state index contributed by atoms with van der Waals surface area (Å²) in [7, 11) is 0. The topological polar surface area (TPSA) is 78.4 Å². The van der Waals surface area contributed by atoms with E-state index in [2.05, 4.69) is 15.3 Å². The second kappa shape index (κ2) is 7.67. The number of hydrogen-bond acceptors (Lipinski definition) is 5. The Bertz CT molecular complexity index is 756. The van der Waals surface area contributed by atoms with Crippen molar-refractivity contribution in [1.82, 2.24) is 20.2 Å². The molecule has 1 aromatic carbocycles. The minimum Gasteiger partial charge on any atom is -0.392 e. The van der Waals surface area contributed by atoms with Gasteiger partial charge < -0.3 is 15.3 Å². The number of carbonyl (C=O) groups excluding carboxylic acids is 1. The molecule has 0 saturated carbocycles. The van der Waals surface area contributed by atoms with E-state index in [9.17, 15) is 14.3 Å². The number of nitrogens with zero attached hydrogens (tertiary/aromatic N) is 3. The zero-order chi connectivity index (χ0) is 17.8. The summed E-state index contributed by atoms with van der Waals surface area (Å²) in [5.74, 6) is -0.541. The monoisotopic (exact) mass is 344 g/mol. The first-order valence-corrected chi connectivity index (χ1v) is 8.32. The van der Waals surface area contributed by atoms with Crippen molar-refractivity contribution in [2.24, 2.45) is 0 Å². The van der Waals surface area contributed by atoms with Gasteiger partial charge in [-0.2, -0.15) is 0 Å². The third-order valence-corrected chi connectivity index (χ3v) is 4.31. The molecule has 7 heteroatoms. The smallest absolute Gasteiger partial charge is 0.274 e. The number of carbonyl (C=O) groups is 1. The number of aromatic nitrogens is 2. The van der Waals surface area contributed by atoms with Gasteiger partial charge >= 0.3 is 0 Å². The van der Waals surface area contributed by atoms with Crippen LogP contribution in [0.3, 0.4) is 0 Å². The van der Waals surface area contributed by atoms with Gasteiger partial charge in [0.2, 0.25) is 0 Å². The predicted octanol–water partition coefficient (Wildman–Crippen LogP) is 1.52. The lowest BCUT2D eigenvalue weighted by molar-refractivity contribution is 0.0760. The molecule has 1 aromatic heterocycles. The first kappa shape index (κ1) is 17.4. The summed E-state index contributed by atoms with van der Waals surface area (Å²) in [5.41, 5.74) is 2.56. The Kier molecular flexibility index (Phi) is 5.35. The van der Waals surface area contributed by atoms with Gasteiger partial charge in [0.05, 0.1) is 24.7 Å². The van der Waals surface area contributed by atoms with Crippen molar-refractivity contribution < 1.29 is 14.3 Å². The molecule has 0 unspecified atom stereocenters. The molecule has 2 aromatic rings. The lowest BCUT2D eigenvalue weighted by Gasteiger charge is -2.19. The first-order valence-electron chi connectivity index (χ1n) is 8.32. The van der Waals surface area contributed by atoms with E-state index in [0.717, 1.165) is 19.5 Å². The molecule has 1 aliphatic rings. The van der Waals surface area contributed by atoms with Crippen molar-refractivity contribution in [3.8, 4) is 11.3 Å². The molecule has 0 bridgehead atoms. The highest BCUT2D eigenvalue weighted by Gasteiger charge is 2.19. The van der Waals surface area contributed by atoms with Crippen LogP contribution in [0.1, 0.15) is 28.0 Å². The average Bonchev–Trinajstić information content (AvgIpc) is 2.90. The number of amides is 1. The zero-order valence-corrected chi connectivity index (χ0v) is 14.1. The largest absolute Gasteiger partial charge is 0.392 e. The maximum Gasteiger partial charge on any atom is 0.274 e. The molecular formula is C18H21FN4O2. The van der Waals surface area contributed by atoms with Crippen LogP contribution >= 0.6 is 0 Å². The summed E-state index contributed by atoms with van der Waals surface area (Å²) < 4.78 is 13.5. The SMILES string of the molecule is Cc1cc(F)cc(CO)c1-c1cnc(C(=O)N2CCCNCC2)cn1. The maximum atomic E-state index is 13.5. The molecule has 1 fully saturated rings. The average molecular weight is 344 g/mol. The van der Waals surface area contributed by atoms with Crippen LogP contribution in [-0.4, -0.2) is 52.1 Å². The number of nitrogens with one attached hydrogen (secondary N) is 1. The van der Waals surface area contributed by atoms with Crippen molar-refractivity contribution in [1.29, 1.82) is 0 Å². The van der Waals surface area contributed by atoms with Crippen LogP contribution in [-0.2, 0) is 6.61 Å². The molecular weight excluding hydrogens is 323 g/mol. The van der Waals surface area contributed by atoms with E-state index in [1.165, 1.54) is 24.5 Å².